The van der Waals surface area contributed by atoms with E-state index in [9.17, 15) is 4.79 Å². The number of benzene rings is 1. The molecule has 0 saturated carbocycles. The smallest absolute Gasteiger partial charge is 0.260 e. The summed E-state index contributed by atoms with van der Waals surface area (Å²) in [6.45, 7) is 1.99. The van der Waals surface area contributed by atoms with Gasteiger partial charge in [0.1, 0.15) is 17.3 Å². The number of nitrogens with one attached hydrogen (secondary N) is 2. The van der Waals surface area contributed by atoms with Crippen LogP contribution in [0.5, 0.6) is 11.5 Å². The van der Waals surface area contributed by atoms with Gasteiger partial charge in [0.05, 0.1) is 26.0 Å². The predicted octanol–water partition coefficient (Wildman–Crippen LogP) is 2.24. The van der Waals surface area contributed by atoms with Crippen molar-refractivity contribution in [3.8, 4) is 11.5 Å². The van der Waals surface area contributed by atoms with Crippen LogP contribution in [0.4, 0.5) is 5.82 Å². The van der Waals surface area contributed by atoms with Gasteiger partial charge in [0.15, 0.2) is 0 Å². The number of aryl methyl sites for hydroxylation is 1. The van der Waals surface area contributed by atoms with Gasteiger partial charge in [-0.1, -0.05) is 6.92 Å². The van der Waals surface area contributed by atoms with Crippen molar-refractivity contribution < 1.29 is 14.3 Å². The van der Waals surface area contributed by atoms with E-state index in [2.05, 4.69) is 15.5 Å². The largest absolute Gasteiger partial charge is 0.497 e. The summed E-state index contributed by atoms with van der Waals surface area (Å²) < 4.78 is 10.3. The first-order valence-corrected chi connectivity index (χ1v) is 6.25. The molecule has 1 heterocycles. The average Bonchev–Trinajstić information content (AvgIpc) is 2.93. The zero-order chi connectivity index (χ0) is 14.5. The van der Waals surface area contributed by atoms with Gasteiger partial charge in [0, 0.05) is 11.6 Å². The van der Waals surface area contributed by atoms with Crippen molar-refractivity contribution in [1.82, 2.24) is 10.2 Å². The van der Waals surface area contributed by atoms with E-state index < -0.39 is 0 Å². The summed E-state index contributed by atoms with van der Waals surface area (Å²) in [7, 11) is 3.08. The van der Waals surface area contributed by atoms with E-state index in [0.29, 0.717) is 22.9 Å². The van der Waals surface area contributed by atoms with Crippen molar-refractivity contribution in [1.29, 1.82) is 0 Å². The fraction of sp³-hybridized carbons (Fsp3) is 0.286. The second-order valence-corrected chi connectivity index (χ2v) is 4.14. The van der Waals surface area contributed by atoms with Gasteiger partial charge in [-0.15, -0.1) is 0 Å². The lowest BCUT2D eigenvalue weighted by Gasteiger charge is -2.10. The minimum Gasteiger partial charge on any atom is -0.497 e. The molecule has 0 atom stereocenters. The highest BCUT2D eigenvalue weighted by atomic mass is 16.5. The number of ether oxygens (including phenoxy) is 2. The summed E-state index contributed by atoms with van der Waals surface area (Å²) in [6, 6.07) is 5.04. The van der Waals surface area contributed by atoms with Crippen LogP contribution in [-0.4, -0.2) is 30.3 Å². The summed E-state index contributed by atoms with van der Waals surface area (Å²) >= 11 is 0. The normalized spacial score (nSPS) is 10.2. The summed E-state index contributed by atoms with van der Waals surface area (Å²) in [4.78, 5) is 12.3. The maximum absolute atomic E-state index is 12.3. The van der Waals surface area contributed by atoms with E-state index in [4.69, 9.17) is 9.47 Å². The highest BCUT2D eigenvalue weighted by molar-refractivity contribution is 6.06. The molecule has 0 unspecified atom stereocenters. The molecule has 1 amide bonds. The quantitative estimate of drug-likeness (QED) is 0.877. The number of nitrogens with zero attached hydrogens (tertiary/aromatic N) is 1. The minimum absolute atomic E-state index is 0.261. The maximum Gasteiger partial charge on any atom is 0.260 e. The van der Waals surface area contributed by atoms with Gasteiger partial charge in [-0.05, 0) is 18.6 Å². The third-order valence-corrected chi connectivity index (χ3v) is 2.99. The Hall–Kier alpha value is -2.50. The topological polar surface area (TPSA) is 76.2 Å². The number of methoxy groups -OCH3 is 2. The van der Waals surface area contributed by atoms with E-state index in [0.717, 1.165) is 12.0 Å². The van der Waals surface area contributed by atoms with Crippen LogP contribution in [0.25, 0.3) is 0 Å². The number of rotatable bonds is 5. The number of carbonyl (C=O) groups excluding carboxylic acids is 1. The van der Waals surface area contributed by atoms with E-state index in [1.165, 1.54) is 7.11 Å². The van der Waals surface area contributed by atoms with Gasteiger partial charge < -0.3 is 14.8 Å². The number of anilines is 1. The van der Waals surface area contributed by atoms with Crippen LogP contribution in [0, 0.1) is 0 Å². The van der Waals surface area contributed by atoms with E-state index in [1.54, 1.807) is 31.5 Å². The number of H-pyrrole nitrogens is 1. The van der Waals surface area contributed by atoms with Gasteiger partial charge in [-0.2, -0.15) is 5.10 Å². The minimum atomic E-state index is -0.261. The van der Waals surface area contributed by atoms with Crippen molar-refractivity contribution in [3.05, 3.63) is 35.5 Å². The summed E-state index contributed by atoms with van der Waals surface area (Å²) in [5.41, 5.74) is 1.38. The van der Waals surface area contributed by atoms with Crippen molar-refractivity contribution >= 4 is 11.7 Å². The molecule has 0 aliphatic rings. The molecule has 0 saturated heterocycles. The molecule has 1 aromatic carbocycles. The number of aromatic amines is 1. The fourth-order valence-corrected chi connectivity index (χ4v) is 1.85. The van der Waals surface area contributed by atoms with Crippen molar-refractivity contribution in [2.24, 2.45) is 0 Å². The Labute approximate surface area is 117 Å². The molecule has 6 heteroatoms. The molecule has 0 spiro atoms. The molecule has 0 bridgehead atoms. The molecule has 0 aliphatic heterocycles. The van der Waals surface area contributed by atoms with Crippen LogP contribution in [0.2, 0.25) is 0 Å². The summed E-state index contributed by atoms with van der Waals surface area (Å²) in [5, 5.41) is 9.48. The van der Waals surface area contributed by atoms with Crippen LogP contribution in [-0.2, 0) is 6.42 Å². The molecule has 2 aromatic rings. The Morgan fingerprint density at radius 1 is 1.35 bits per heavy atom. The second-order valence-electron chi connectivity index (χ2n) is 4.14. The standard InChI is InChI=1S/C14H17N3O3/c1-4-9-8-15-17-13(9)16-14(18)11-6-5-10(19-2)7-12(11)20-3/h5-8H,4H2,1-3H3,(H2,15,16,17,18). The molecular formula is C14H17N3O3. The first kappa shape index (κ1) is 13.9. The molecule has 20 heavy (non-hydrogen) atoms. The van der Waals surface area contributed by atoms with E-state index in [-0.39, 0.29) is 5.91 Å². The Morgan fingerprint density at radius 3 is 2.80 bits per heavy atom. The van der Waals surface area contributed by atoms with Gasteiger partial charge in [-0.25, -0.2) is 0 Å². The number of hydrogen-bond donors (Lipinski definition) is 2. The van der Waals surface area contributed by atoms with Crippen LogP contribution < -0.4 is 14.8 Å². The first-order valence-electron chi connectivity index (χ1n) is 6.25. The zero-order valence-corrected chi connectivity index (χ0v) is 11.7. The Morgan fingerprint density at radius 2 is 2.15 bits per heavy atom. The molecule has 2 N–H and O–H groups in total. The molecule has 1 aromatic heterocycles. The Balaban J connectivity index is 2.25. The van der Waals surface area contributed by atoms with Crippen LogP contribution in [0.3, 0.4) is 0 Å². The molecular weight excluding hydrogens is 258 g/mol. The molecule has 0 fully saturated rings. The monoisotopic (exact) mass is 275 g/mol. The molecule has 0 radical (unpaired) electrons. The Bertz CT molecular complexity index is 607. The lowest BCUT2D eigenvalue weighted by atomic mass is 10.1. The number of carbonyl (C=O) groups is 1. The summed E-state index contributed by atoms with van der Waals surface area (Å²) in [6.07, 6.45) is 2.48. The number of amides is 1. The predicted molar refractivity (Wildman–Crippen MR) is 75.5 cm³/mol. The maximum atomic E-state index is 12.3. The highest BCUT2D eigenvalue weighted by Gasteiger charge is 2.15. The molecule has 6 nitrogen and oxygen atoms in total. The van der Waals surface area contributed by atoms with Gasteiger partial charge >= 0.3 is 0 Å². The lowest BCUT2D eigenvalue weighted by Crippen LogP contribution is -2.14. The van der Waals surface area contributed by atoms with Crippen molar-refractivity contribution in [3.63, 3.8) is 0 Å². The molecule has 0 aliphatic carbocycles. The third-order valence-electron chi connectivity index (χ3n) is 2.99. The van der Waals surface area contributed by atoms with Crippen molar-refractivity contribution in [2.45, 2.75) is 13.3 Å². The van der Waals surface area contributed by atoms with Crippen LogP contribution in [0.15, 0.2) is 24.4 Å². The zero-order valence-electron chi connectivity index (χ0n) is 11.7. The summed E-state index contributed by atoms with van der Waals surface area (Å²) in [5.74, 6) is 1.44. The van der Waals surface area contributed by atoms with Crippen LogP contribution in [0.1, 0.15) is 22.8 Å². The average molecular weight is 275 g/mol. The number of hydrogen-bond acceptors (Lipinski definition) is 4. The van der Waals surface area contributed by atoms with Gasteiger partial charge in [0.25, 0.3) is 5.91 Å². The SMILES string of the molecule is CCc1cn[nH]c1NC(=O)c1ccc(OC)cc1OC. The van der Waals surface area contributed by atoms with E-state index >= 15 is 0 Å². The third kappa shape index (κ3) is 2.74. The van der Waals surface area contributed by atoms with Crippen LogP contribution >= 0.6 is 0 Å². The lowest BCUT2D eigenvalue weighted by molar-refractivity contribution is 0.102. The second kappa shape index (κ2) is 6.10. The molecule has 106 valence electrons. The van der Waals surface area contributed by atoms with Crippen molar-refractivity contribution in [2.75, 3.05) is 19.5 Å². The fourth-order valence-electron chi connectivity index (χ4n) is 1.85. The Kier molecular flexibility index (Phi) is 4.24. The highest BCUT2D eigenvalue weighted by Crippen LogP contribution is 2.25. The molecule has 2 rings (SSSR count). The van der Waals surface area contributed by atoms with Gasteiger partial charge in [-0.3, -0.25) is 9.89 Å². The first-order chi connectivity index (χ1) is 9.69. The number of aromatic nitrogens is 2. The van der Waals surface area contributed by atoms with E-state index in [1.807, 2.05) is 6.92 Å². The van der Waals surface area contributed by atoms with Gasteiger partial charge in [0.2, 0.25) is 0 Å².